The standard InChI is InChI=1S/C22H21N5O/c23-14-4-5-16-8-10-18(11-9-16)20-13-12-19(17-6-2-1-3-7-17)27(20)15-21(28)26-22(24)25/h1-3,6-13H,4-5,15H2,(H4,24,25,26,28). The van der Waals surface area contributed by atoms with Crippen LogP contribution in [0.4, 0.5) is 0 Å². The number of aliphatic imine (C=N–C) groups is 1. The molecule has 1 amide bonds. The zero-order valence-electron chi connectivity index (χ0n) is 15.4. The van der Waals surface area contributed by atoms with Gasteiger partial charge < -0.3 is 16.0 Å². The fourth-order valence-corrected chi connectivity index (χ4v) is 3.11. The van der Waals surface area contributed by atoms with E-state index in [-0.39, 0.29) is 12.5 Å². The molecule has 0 saturated carbocycles. The van der Waals surface area contributed by atoms with Crippen molar-refractivity contribution < 1.29 is 4.79 Å². The number of carbonyl (C=O) groups is 1. The van der Waals surface area contributed by atoms with Crippen molar-refractivity contribution >= 4 is 11.9 Å². The first-order valence-electron chi connectivity index (χ1n) is 8.92. The molecule has 4 N–H and O–H groups in total. The smallest absolute Gasteiger partial charge is 0.268 e. The van der Waals surface area contributed by atoms with Crippen LogP contribution in [-0.4, -0.2) is 16.4 Å². The summed E-state index contributed by atoms with van der Waals surface area (Å²) in [6.45, 7) is 0.0284. The molecule has 0 fully saturated rings. The topological polar surface area (TPSA) is 110 Å². The van der Waals surface area contributed by atoms with E-state index in [1.54, 1.807) is 0 Å². The van der Waals surface area contributed by atoms with Gasteiger partial charge in [0.15, 0.2) is 5.96 Å². The molecular formula is C22H21N5O. The molecule has 3 rings (SSSR count). The van der Waals surface area contributed by atoms with E-state index in [4.69, 9.17) is 16.7 Å². The van der Waals surface area contributed by atoms with Crippen molar-refractivity contribution in [2.24, 2.45) is 16.5 Å². The Morgan fingerprint density at radius 3 is 2.11 bits per heavy atom. The Bertz CT molecular complexity index is 1020. The monoisotopic (exact) mass is 371 g/mol. The molecule has 1 aromatic heterocycles. The lowest BCUT2D eigenvalue weighted by Gasteiger charge is -2.13. The molecule has 0 radical (unpaired) electrons. The summed E-state index contributed by atoms with van der Waals surface area (Å²) in [5, 5.41) is 8.74. The minimum absolute atomic E-state index is 0.0284. The molecule has 0 aliphatic rings. The van der Waals surface area contributed by atoms with Crippen LogP contribution in [0.3, 0.4) is 0 Å². The van der Waals surface area contributed by atoms with Crippen molar-refractivity contribution in [3.8, 4) is 28.6 Å². The highest BCUT2D eigenvalue weighted by molar-refractivity contribution is 5.92. The maximum Gasteiger partial charge on any atom is 0.268 e. The summed E-state index contributed by atoms with van der Waals surface area (Å²) in [7, 11) is 0. The molecule has 0 unspecified atom stereocenters. The normalized spacial score (nSPS) is 10.2. The van der Waals surface area contributed by atoms with Gasteiger partial charge in [0.1, 0.15) is 6.54 Å². The number of hydrogen-bond acceptors (Lipinski definition) is 2. The molecule has 6 heteroatoms. The van der Waals surface area contributed by atoms with E-state index in [1.807, 2.05) is 71.3 Å². The first-order valence-corrected chi connectivity index (χ1v) is 8.92. The summed E-state index contributed by atoms with van der Waals surface area (Å²) < 4.78 is 1.91. The number of aromatic nitrogens is 1. The van der Waals surface area contributed by atoms with E-state index in [9.17, 15) is 4.79 Å². The Kier molecular flexibility index (Phi) is 5.87. The molecule has 3 aromatic rings. The molecule has 2 aromatic carbocycles. The summed E-state index contributed by atoms with van der Waals surface area (Å²) in [5.41, 5.74) is 15.6. The van der Waals surface area contributed by atoms with Crippen LogP contribution in [0.15, 0.2) is 71.7 Å². The van der Waals surface area contributed by atoms with E-state index in [0.717, 1.165) is 34.5 Å². The van der Waals surface area contributed by atoms with Crippen LogP contribution in [0.25, 0.3) is 22.5 Å². The Morgan fingerprint density at radius 1 is 0.929 bits per heavy atom. The Labute approximate surface area is 163 Å². The summed E-state index contributed by atoms with van der Waals surface area (Å²) in [6.07, 6.45) is 1.21. The molecule has 0 saturated heterocycles. The van der Waals surface area contributed by atoms with Crippen LogP contribution >= 0.6 is 0 Å². The average molecular weight is 371 g/mol. The van der Waals surface area contributed by atoms with Gasteiger partial charge in [-0.25, -0.2) is 0 Å². The molecular weight excluding hydrogens is 350 g/mol. The molecule has 0 spiro atoms. The number of benzene rings is 2. The third-order valence-electron chi connectivity index (χ3n) is 4.37. The lowest BCUT2D eigenvalue weighted by Crippen LogP contribution is -2.25. The van der Waals surface area contributed by atoms with Crippen molar-refractivity contribution in [2.75, 3.05) is 0 Å². The van der Waals surface area contributed by atoms with E-state index >= 15 is 0 Å². The highest BCUT2D eigenvalue weighted by Gasteiger charge is 2.14. The number of nitriles is 1. The summed E-state index contributed by atoms with van der Waals surface area (Å²) in [6, 6.07) is 24.0. The Morgan fingerprint density at radius 2 is 1.54 bits per heavy atom. The second-order valence-electron chi connectivity index (χ2n) is 6.34. The van der Waals surface area contributed by atoms with Crippen LogP contribution < -0.4 is 11.5 Å². The van der Waals surface area contributed by atoms with Gasteiger partial charge in [-0.05, 0) is 35.2 Å². The molecule has 1 heterocycles. The molecule has 0 bridgehead atoms. The third kappa shape index (κ3) is 4.46. The second kappa shape index (κ2) is 8.69. The van der Waals surface area contributed by atoms with Gasteiger partial charge in [-0.3, -0.25) is 4.79 Å². The van der Waals surface area contributed by atoms with Gasteiger partial charge >= 0.3 is 0 Å². The van der Waals surface area contributed by atoms with Crippen LogP contribution in [0.2, 0.25) is 0 Å². The van der Waals surface area contributed by atoms with Gasteiger partial charge in [0.25, 0.3) is 5.91 Å². The van der Waals surface area contributed by atoms with Gasteiger partial charge in [0.05, 0.1) is 6.07 Å². The number of hydrogen-bond donors (Lipinski definition) is 2. The first kappa shape index (κ1) is 18.9. The van der Waals surface area contributed by atoms with Crippen LogP contribution in [0, 0.1) is 11.3 Å². The Balaban J connectivity index is 2.01. The fourth-order valence-electron chi connectivity index (χ4n) is 3.11. The third-order valence-corrected chi connectivity index (χ3v) is 4.37. The lowest BCUT2D eigenvalue weighted by atomic mass is 10.1. The molecule has 28 heavy (non-hydrogen) atoms. The van der Waals surface area contributed by atoms with Crippen molar-refractivity contribution in [3.63, 3.8) is 0 Å². The molecule has 6 nitrogen and oxygen atoms in total. The average Bonchev–Trinajstić information content (AvgIpc) is 3.10. The number of rotatable bonds is 6. The second-order valence-corrected chi connectivity index (χ2v) is 6.34. The molecule has 0 aliphatic carbocycles. The number of nitrogens with zero attached hydrogens (tertiary/aromatic N) is 3. The summed E-state index contributed by atoms with van der Waals surface area (Å²) >= 11 is 0. The van der Waals surface area contributed by atoms with Crippen molar-refractivity contribution in [1.82, 2.24) is 4.57 Å². The van der Waals surface area contributed by atoms with Gasteiger partial charge in [0.2, 0.25) is 0 Å². The predicted molar refractivity (Wildman–Crippen MR) is 110 cm³/mol. The molecule has 0 atom stereocenters. The minimum Gasteiger partial charge on any atom is -0.370 e. The highest BCUT2D eigenvalue weighted by Crippen LogP contribution is 2.29. The van der Waals surface area contributed by atoms with E-state index < -0.39 is 5.91 Å². The highest BCUT2D eigenvalue weighted by atomic mass is 16.1. The minimum atomic E-state index is -0.416. The van der Waals surface area contributed by atoms with Gasteiger partial charge in [0, 0.05) is 17.8 Å². The van der Waals surface area contributed by atoms with E-state index in [1.165, 1.54) is 0 Å². The van der Waals surface area contributed by atoms with Crippen LogP contribution in [0.1, 0.15) is 12.0 Å². The fraction of sp³-hybridized carbons (Fsp3) is 0.136. The Hall–Kier alpha value is -3.85. The lowest BCUT2D eigenvalue weighted by molar-refractivity contribution is -0.118. The van der Waals surface area contributed by atoms with Crippen molar-refractivity contribution in [3.05, 3.63) is 72.3 Å². The van der Waals surface area contributed by atoms with Gasteiger partial charge in [-0.1, -0.05) is 54.6 Å². The molecule has 0 aliphatic heterocycles. The predicted octanol–water partition coefficient (Wildman–Crippen LogP) is 3.08. The largest absolute Gasteiger partial charge is 0.370 e. The van der Waals surface area contributed by atoms with Gasteiger partial charge in [-0.2, -0.15) is 10.3 Å². The first-order chi connectivity index (χ1) is 13.6. The van der Waals surface area contributed by atoms with Crippen molar-refractivity contribution in [2.45, 2.75) is 19.4 Å². The SMILES string of the molecule is N#CCCc1ccc(-c2ccc(-c3ccccc3)n2CC(=O)N=C(N)N)cc1. The zero-order valence-corrected chi connectivity index (χ0v) is 15.4. The quantitative estimate of drug-likeness (QED) is 0.512. The van der Waals surface area contributed by atoms with Crippen LogP contribution in [0.5, 0.6) is 0 Å². The zero-order chi connectivity index (χ0) is 19.9. The number of aryl methyl sites for hydroxylation is 1. The number of amides is 1. The summed E-state index contributed by atoms with van der Waals surface area (Å²) in [4.78, 5) is 15.9. The van der Waals surface area contributed by atoms with Crippen LogP contribution in [-0.2, 0) is 17.8 Å². The maximum atomic E-state index is 12.3. The maximum absolute atomic E-state index is 12.3. The number of nitrogens with two attached hydrogens (primary N) is 2. The number of guanidine groups is 1. The number of carbonyl (C=O) groups excluding carboxylic acids is 1. The molecule has 140 valence electrons. The van der Waals surface area contributed by atoms with E-state index in [2.05, 4.69) is 11.1 Å². The van der Waals surface area contributed by atoms with Gasteiger partial charge in [-0.15, -0.1) is 0 Å². The van der Waals surface area contributed by atoms with Crippen molar-refractivity contribution in [1.29, 1.82) is 5.26 Å². The van der Waals surface area contributed by atoms with E-state index in [0.29, 0.717) is 6.42 Å². The summed E-state index contributed by atoms with van der Waals surface area (Å²) in [5.74, 6) is -0.665.